The topological polar surface area (TPSA) is 89.4 Å². The Morgan fingerprint density at radius 1 is 1.28 bits per heavy atom. The molecule has 2 atom stereocenters. The van der Waals surface area contributed by atoms with Crippen LogP contribution in [0, 0.1) is 19.8 Å². The fraction of sp³-hybridized carbons (Fsp3) is 0.667. The summed E-state index contributed by atoms with van der Waals surface area (Å²) in [4.78, 5) is 22.2. The van der Waals surface area contributed by atoms with Crippen molar-refractivity contribution in [1.29, 1.82) is 0 Å². The molecule has 0 saturated carbocycles. The largest absolute Gasteiger partial charge is 0.453 e. The summed E-state index contributed by atoms with van der Waals surface area (Å²) >= 11 is 0. The molecule has 2 unspecified atom stereocenters. The SMILES string of the molecule is Cc1nc2nc(C(F)(F)F)nn2c(C)c1CCC(=O)N1CCC(C)CC1CN.Cl. The van der Waals surface area contributed by atoms with Gasteiger partial charge in [0.2, 0.25) is 5.91 Å². The Hall–Kier alpha value is -1.94. The van der Waals surface area contributed by atoms with E-state index in [4.69, 9.17) is 5.73 Å². The third-order valence-electron chi connectivity index (χ3n) is 5.46. The number of likely N-dealkylation sites (tertiary alicyclic amines) is 1. The van der Waals surface area contributed by atoms with Crippen LogP contribution >= 0.6 is 12.4 Å². The Morgan fingerprint density at radius 3 is 2.59 bits per heavy atom. The normalized spacial score (nSPS) is 20.0. The molecule has 1 fully saturated rings. The lowest BCUT2D eigenvalue weighted by Crippen LogP contribution is -2.49. The smallest absolute Gasteiger partial charge is 0.338 e. The lowest BCUT2D eigenvalue weighted by Gasteiger charge is -2.38. The molecule has 2 aromatic rings. The van der Waals surface area contributed by atoms with Crippen molar-refractivity contribution in [2.24, 2.45) is 11.7 Å². The van der Waals surface area contributed by atoms with Crippen molar-refractivity contribution in [2.75, 3.05) is 13.1 Å². The van der Waals surface area contributed by atoms with E-state index in [2.05, 4.69) is 22.0 Å². The third kappa shape index (κ3) is 4.80. The van der Waals surface area contributed by atoms with Crippen LogP contribution in [0.5, 0.6) is 0 Å². The molecule has 1 amide bonds. The number of halogens is 4. The van der Waals surface area contributed by atoms with Crippen molar-refractivity contribution in [3.8, 4) is 0 Å². The zero-order valence-corrected chi connectivity index (χ0v) is 17.5. The fourth-order valence-electron chi connectivity index (χ4n) is 3.87. The summed E-state index contributed by atoms with van der Waals surface area (Å²) in [7, 11) is 0. The standard InChI is InChI=1S/C18H25F3N6O.ClH/c1-10-6-7-26(13(8-10)9-22)15(28)5-4-14-11(2)23-17-24-16(18(19,20)21)25-27(17)12(14)3;/h10,13H,4-9,22H2,1-3H3;1H. The van der Waals surface area contributed by atoms with Gasteiger partial charge in [0.25, 0.3) is 11.6 Å². The number of aromatic nitrogens is 4. The number of piperidine rings is 1. The van der Waals surface area contributed by atoms with Crippen LogP contribution in [0.25, 0.3) is 5.78 Å². The van der Waals surface area contributed by atoms with Gasteiger partial charge >= 0.3 is 6.18 Å². The number of aryl methyl sites for hydroxylation is 2. The predicted molar refractivity (Wildman–Crippen MR) is 104 cm³/mol. The van der Waals surface area contributed by atoms with Gasteiger partial charge in [-0.15, -0.1) is 17.5 Å². The number of nitrogens with zero attached hydrogens (tertiary/aromatic N) is 5. The summed E-state index contributed by atoms with van der Waals surface area (Å²) < 4.78 is 39.8. The summed E-state index contributed by atoms with van der Waals surface area (Å²) in [6.07, 6.45) is -2.16. The molecule has 0 radical (unpaired) electrons. The van der Waals surface area contributed by atoms with Crippen LogP contribution in [0.15, 0.2) is 0 Å². The van der Waals surface area contributed by atoms with E-state index in [9.17, 15) is 18.0 Å². The van der Waals surface area contributed by atoms with Crippen molar-refractivity contribution < 1.29 is 18.0 Å². The molecule has 0 aliphatic carbocycles. The molecule has 3 heterocycles. The number of hydrogen-bond donors (Lipinski definition) is 1. The number of carbonyl (C=O) groups excluding carboxylic acids is 1. The molecule has 0 spiro atoms. The van der Waals surface area contributed by atoms with E-state index >= 15 is 0 Å². The second kappa shape index (κ2) is 8.83. The minimum absolute atomic E-state index is 0. The molecule has 2 aromatic heterocycles. The Kier molecular flexibility index (Phi) is 7.10. The average molecular weight is 435 g/mol. The van der Waals surface area contributed by atoms with E-state index in [-0.39, 0.29) is 36.6 Å². The van der Waals surface area contributed by atoms with Gasteiger partial charge in [-0.3, -0.25) is 4.79 Å². The first-order valence-corrected chi connectivity index (χ1v) is 9.41. The van der Waals surface area contributed by atoms with Crippen LogP contribution < -0.4 is 5.73 Å². The maximum absolute atomic E-state index is 12.9. The van der Waals surface area contributed by atoms with E-state index in [1.54, 1.807) is 13.8 Å². The van der Waals surface area contributed by atoms with Crippen LogP contribution in [0.1, 0.15) is 49.0 Å². The summed E-state index contributed by atoms with van der Waals surface area (Å²) in [5.74, 6) is -0.755. The zero-order chi connectivity index (χ0) is 20.6. The monoisotopic (exact) mass is 434 g/mol. The van der Waals surface area contributed by atoms with Crippen molar-refractivity contribution in [1.82, 2.24) is 24.5 Å². The van der Waals surface area contributed by atoms with Gasteiger partial charge in [-0.05, 0) is 44.6 Å². The van der Waals surface area contributed by atoms with Gasteiger partial charge in [0.05, 0.1) is 0 Å². The van der Waals surface area contributed by atoms with Gasteiger partial charge in [-0.2, -0.15) is 18.2 Å². The van der Waals surface area contributed by atoms with Gasteiger partial charge in [0.15, 0.2) is 0 Å². The molecule has 3 rings (SSSR count). The lowest BCUT2D eigenvalue weighted by atomic mass is 9.92. The number of hydrogen-bond acceptors (Lipinski definition) is 5. The van der Waals surface area contributed by atoms with Crippen molar-refractivity contribution >= 4 is 24.1 Å². The van der Waals surface area contributed by atoms with Crippen LogP contribution in [-0.4, -0.2) is 49.5 Å². The molecule has 29 heavy (non-hydrogen) atoms. The van der Waals surface area contributed by atoms with Gasteiger partial charge < -0.3 is 10.6 Å². The number of fused-ring (bicyclic) bond motifs is 1. The minimum atomic E-state index is -4.63. The first kappa shape index (κ1) is 23.3. The second-order valence-corrected chi connectivity index (χ2v) is 7.51. The first-order chi connectivity index (χ1) is 13.1. The fourth-order valence-corrected chi connectivity index (χ4v) is 3.87. The first-order valence-electron chi connectivity index (χ1n) is 9.41. The number of carbonyl (C=O) groups is 1. The quantitative estimate of drug-likeness (QED) is 0.799. The van der Waals surface area contributed by atoms with Crippen LogP contribution in [0.2, 0.25) is 0 Å². The molecule has 1 aliphatic heterocycles. The maximum Gasteiger partial charge on any atom is 0.453 e. The Labute approximate surface area is 173 Å². The summed E-state index contributed by atoms with van der Waals surface area (Å²) in [5, 5.41) is 3.54. The van der Waals surface area contributed by atoms with Gasteiger partial charge in [0, 0.05) is 36.9 Å². The highest BCUT2D eigenvalue weighted by Gasteiger charge is 2.37. The predicted octanol–water partition coefficient (Wildman–Crippen LogP) is 2.70. The highest BCUT2D eigenvalue weighted by Crippen LogP contribution is 2.27. The molecule has 7 nitrogen and oxygen atoms in total. The van der Waals surface area contributed by atoms with Crippen molar-refractivity contribution in [3.05, 3.63) is 22.8 Å². The molecule has 0 aromatic carbocycles. The minimum Gasteiger partial charge on any atom is -0.338 e. The van der Waals surface area contributed by atoms with Crippen LogP contribution in [0.3, 0.4) is 0 Å². The van der Waals surface area contributed by atoms with Crippen LogP contribution in [-0.2, 0) is 17.4 Å². The molecule has 1 saturated heterocycles. The molecule has 2 N–H and O–H groups in total. The molecule has 11 heteroatoms. The Morgan fingerprint density at radius 2 is 1.97 bits per heavy atom. The number of alkyl halides is 3. The van der Waals surface area contributed by atoms with E-state index in [1.807, 2.05) is 4.90 Å². The molecular weight excluding hydrogens is 409 g/mol. The molecular formula is C18H26ClF3N6O. The summed E-state index contributed by atoms with van der Waals surface area (Å²) in [5.41, 5.74) is 7.62. The van der Waals surface area contributed by atoms with Crippen molar-refractivity contribution in [2.45, 2.75) is 58.7 Å². The highest BCUT2D eigenvalue weighted by molar-refractivity contribution is 5.85. The molecule has 162 valence electrons. The lowest BCUT2D eigenvalue weighted by molar-refractivity contribution is -0.144. The van der Waals surface area contributed by atoms with E-state index in [0.29, 0.717) is 42.4 Å². The van der Waals surface area contributed by atoms with Gasteiger partial charge in [-0.1, -0.05) is 6.92 Å². The maximum atomic E-state index is 12.9. The van der Waals surface area contributed by atoms with Crippen LogP contribution in [0.4, 0.5) is 13.2 Å². The molecule has 0 bridgehead atoms. The van der Waals surface area contributed by atoms with Crippen molar-refractivity contribution in [3.63, 3.8) is 0 Å². The summed E-state index contributed by atoms with van der Waals surface area (Å²) in [6, 6.07) is 0.0451. The third-order valence-corrected chi connectivity index (χ3v) is 5.46. The summed E-state index contributed by atoms with van der Waals surface area (Å²) in [6.45, 7) is 6.66. The number of rotatable bonds is 4. The van der Waals surface area contributed by atoms with Gasteiger partial charge in [0.1, 0.15) is 0 Å². The van der Waals surface area contributed by atoms with E-state index in [1.165, 1.54) is 0 Å². The Bertz CT molecular complexity index is 885. The number of amides is 1. The zero-order valence-electron chi connectivity index (χ0n) is 16.7. The van der Waals surface area contributed by atoms with E-state index < -0.39 is 12.0 Å². The Balaban J connectivity index is 0.00000300. The average Bonchev–Trinajstić information content (AvgIpc) is 3.05. The second-order valence-electron chi connectivity index (χ2n) is 7.51. The van der Waals surface area contributed by atoms with Gasteiger partial charge in [-0.25, -0.2) is 9.50 Å². The molecule has 1 aliphatic rings. The van der Waals surface area contributed by atoms with E-state index in [0.717, 1.165) is 17.4 Å². The highest BCUT2D eigenvalue weighted by atomic mass is 35.5. The number of nitrogens with two attached hydrogens (primary N) is 1.